The molecule has 114 valence electrons. The van der Waals surface area contributed by atoms with Crippen molar-refractivity contribution in [1.82, 2.24) is 10.6 Å². The zero-order chi connectivity index (χ0) is 16.2. The van der Waals surface area contributed by atoms with Crippen LogP contribution in [0.2, 0.25) is 0 Å². The van der Waals surface area contributed by atoms with E-state index >= 15 is 0 Å². The van der Waals surface area contributed by atoms with Crippen molar-refractivity contribution in [3.05, 3.63) is 70.8 Å². The normalized spacial score (nSPS) is 16.6. The molecular weight excluding hydrogens is 290 g/mol. The fourth-order valence-corrected chi connectivity index (χ4v) is 2.73. The molecule has 5 heteroatoms. The Bertz CT molecular complexity index is 794. The Kier molecular flexibility index (Phi) is 4.07. The van der Waals surface area contributed by atoms with Gasteiger partial charge in [-0.2, -0.15) is 5.26 Å². The van der Waals surface area contributed by atoms with Gasteiger partial charge in [0.1, 0.15) is 6.04 Å². The minimum atomic E-state index is -0.694. The van der Waals surface area contributed by atoms with Gasteiger partial charge in [0.25, 0.3) is 5.91 Å². The molecule has 1 heterocycles. The first-order valence-electron chi connectivity index (χ1n) is 7.35. The zero-order valence-electron chi connectivity index (χ0n) is 12.4. The molecular formula is C18H15N3O2. The van der Waals surface area contributed by atoms with Gasteiger partial charge in [-0.3, -0.25) is 10.1 Å². The highest BCUT2D eigenvalue weighted by molar-refractivity contribution is 6.04. The second-order valence-corrected chi connectivity index (χ2v) is 5.41. The molecule has 23 heavy (non-hydrogen) atoms. The number of aryl methyl sites for hydroxylation is 2. The topological polar surface area (TPSA) is 82.0 Å². The Morgan fingerprint density at radius 2 is 1.83 bits per heavy atom. The number of nitriles is 1. The maximum absolute atomic E-state index is 11.9. The third-order valence-corrected chi connectivity index (χ3v) is 3.88. The predicted molar refractivity (Wildman–Crippen MR) is 84.4 cm³/mol. The SMILES string of the molecule is N#Cc1ccc(C2NC(=O)NC2=O)c(CCc2ccccc2)c1. The molecule has 2 N–H and O–H groups in total. The van der Waals surface area contributed by atoms with Crippen LogP contribution in [0.15, 0.2) is 48.5 Å². The van der Waals surface area contributed by atoms with E-state index in [1.807, 2.05) is 30.3 Å². The van der Waals surface area contributed by atoms with Crippen LogP contribution in [-0.2, 0) is 17.6 Å². The van der Waals surface area contributed by atoms with E-state index < -0.39 is 12.1 Å². The van der Waals surface area contributed by atoms with E-state index in [9.17, 15) is 9.59 Å². The van der Waals surface area contributed by atoms with Crippen molar-refractivity contribution in [2.75, 3.05) is 0 Å². The highest BCUT2D eigenvalue weighted by atomic mass is 16.2. The monoisotopic (exact) mass is 305 g/mol. The summed E-state index contributed by atoms with van der Waals surface area (Å²) in [4.78, 5) is 23.3. The number of urea groups is 1. The Morgan fingerprint density at radius 3 is 2.48 bits per heavy atom. The second-order valence-electron chi connectivity index (χ2n) is 5.41. The van der Waals surface area contributed by atoms with Gasteiger partial charge in [0.2, 0.25) is 0 Å². The molecule has 0 aliphatic carbocycles. The quantitative estimate of drug-likeness (QED) is 0.850. The van der Waals surface area contributed by atoms with Gasteiger partial charge in [-0.05, 0) is 41.7 Å². The van der Waals surface area contributed by atoms with Gasteiger partial charge in [0, 0.05) is 0 Å². The molecule has 2 aromatic rings. The summed E-state index contributed by atoms with van der Waals surface area (Å²) in [7, 11) is 0. The van der Waals surface area contributed by atoms with Crippen molar-refractivity contribution in [2.24, 2.45) is 0 Å². The lowest BCUT2D eigenvalue weighted by Gasteiger charge is -2.14. The third-order valence-electron chi connectivity index (χ3n) is 3.88. The maximum Gasteiger partial charge on any atom is 0.322 e. The highest BCUT2D eigenvalue weighted by Gasteiger charge is 2.32. The van der Waals surface area contributed by atoms with Crippen molar-refractivity contribution in [3.63, 3.8) is 0 Å². The number of amides is 3. The summed E-state index contributed by atoms with van der Waals surface area (Å²) < 4.78 is 0. The third kappa shape index (κ3) is 3.22. The molecule has 3 amide bonds. The molecule has 1 atom stereocenters. The van der Waals surface area contributed by atoms with Crippen LogP contribution in [0.25, 0.3) is 0 Å². The van der Waals surface area contributed by atoms with Gasteiger partial charge in [0.15, 0.2) is 0 Å². The number of imide groups is 1. The molecule has 1 saturated heterocycles. The molecule has 0 bridgehead atoms. The second kappa shape index (κ2) is 6.32. The Labute approximate surface area is 133 Å². The summed E-state index contributed by atoms with van der Waals surface area (Å²) in [5, 5.41) is 14.0. The van der Waals surface area contributed by atoms with E-state index in [4.69, 9.17) is 5.26 Å². The van der Waals surface area contributed by atoms with Crippen LogP contribution in [0.3, 0.4) is 0 Å². The first-order valence-corrected chi connectivity index (χ1v) is 7.35. The minimum Gasteiger partial charge on any atom is -0.322 e. The van der Waals surface area contributed by atoms with Crippen molar-refractivity contribution < 1.29 is 9.59 Å². The fraction of sp³-hybridized carbons (Fsp3) is 0.167. The van der Waals surface area contributed by atoms with Crippen LogP contribution in [0, 0.1) is 11.3 Å². The number of benzene rings is 2. The molecule has 5 nitrogen and oxygen atoms in total. The molecule has 3 rings (SSSR count). The van der Waals surface area contributed by atoms with Crippen molar-refractivity contribution in [3.8, 4) is 6.07 Å². The first-order chi connectivity index (χ1) is 11.2. The maximum atomic E-state index is 11.9. The van der Waals surface area contributed by atoms with E-state index in [0.717, 1.165) is 17.5 Å². The van der Waals surface area contributed by atoms with Gasteiger partial charge in [-0.15, -0.1) is 0 Å². The van der Waals surface area contributed by atoms with E-state index in [1.54, 1.807) is 18.2 Å². The van der Waals surface area contributed by atoms with Gasteiger partial charge >= 0.3 is 6.03 Å². The van der Waals surface area contributed by atoms with Gasteiger partial charge in [-0.25, -0.2) is 4.79 Å². The number of rotatable bonds is 4. The average molecular weight is 305 g/mol. The van der Waals surface area contributed by atoms with Gasteiger partial charge < -0.3 is 5.32 Å². The Morgan fingerprint density at radius 1 is 1.04 bits per heavy atom. The predicted octanol–water partition coefficient (Wildman–Crippen LogP) is 2.22. The van der Waals surface area contributed by atoms with Crippen LogP contribution in [0.4, 0.5) is 4.79 Å². The Balaban J connectivity index is 1.89. The molecule has 1 unspecified atom stereocenters. The number of carbonyl (C=O) groups excluding carboxylic acids is 2. The summed E-state index contributed by atoms with van der Waals surface area (Å²) in [6.45, 7) is 0. The molecule has 0 spiro atoms. The summed E-state index contributed by atoms with van der Waals surface area (Å²) in [6.07, 6.45) is 1.49. The first kappa shape index (κ1) is 14.8. The van der Waals surface area contributed by atoms with Crippen LogP contribution in [0.5, 0.6) is 0 Å². The lowest BCUT2D eigenvalue weighted by Crippen LogP contribution is -2.22. The minimum absolute atomic E-state index is 0.360. The van der Waals surface area contributed by atoms with Crippen LogP contribution in [0.1, 0.15) is 28.3 Å². The summed E-state index contributed by atoms with van der Waals surface area (Å²) in [5.41, 5.74) is 3.36. The largest absolute Gasteiger partial charge is 0.322 e. The van der Waals surface area contributed by atoms with E-state index in [1.165, 1.54) is 5.56 Å². The highest BCUT2D eigenvalue weighted by Crippen LogP contribution is 2.23. The van der Waals surface area contributed by atoms with Crippen molar-refractivity contribution in [2.45, 2.75) is 18.9 Å². The molecule has 1 aliphatic heterocycles. The van der Waals surface area contributed by atoms with Crippen molar-refractivity contribution >= 4 is 11.9 Å². The molecule has 0 saturated carbocycles. The van der Waals surface area contributed by atoms with Gasteiger partial charge in [-0.1, -0.05) is 36.4 Å². The number of nitrogens with one attached hydrogen (secondary N) is 2. The lowest BCUT2D eigenvalue weighted by molar-refractivity contribution is -0.120. The van der Waals surface area contributed by atoms with E-state index in [2.05, 4.69) is 16.7 Å². The smallest absolute Gasteiger partial charge is 0.322 e. The average Bonchev–Trinajstić information content (AvgIpc) is 2.92. The van der Waals surface area contributed by atoms with E-state index in [-0.39, 0.29) is 5.91 Å². The number of carbonyl (C=O) groups is 2. The zero-order valence-corrected chi connectivity index (χ0v) is 12.4. The molecule has 1 aliphatic rings. The fourth-order valence-electron chi connectivity index (χ4n) is 2.73. The van der Waals surface area contributed by atoms with Crippen molar-refractivity contribution in [1.29, 1.82) is 5.26 Å². The number of hydrogen-bond acceptors (Lipinski definition) is 3. The standard InChI is InChI=1S/C18H15N3O2/c19-11-13-7-9-15(16-17(22)21-18(23)20-16)14(10-13)8-6-12-4-2-1-3-5-12/h1-5,7,9-10,16H,6,8H2,(H2,20,21,22,23). The summed E-state index contributed by atoms with van der Waals surface area (Å²) in [5.74, 6) is -0.360. The molecule has 1 fully saturated rings. The van der Waals surface area contributed by atoms with Crippen LogP contribution in [-0.4, -0.2) is 11.9 Å². The van der Waals surface area contributed by atoms with Gasteiger partial charge in [0.05, 0.1) is 11.6 Å². The number of nitrogens with zero attached hydrogens (tertiary/aromatic N) is 1. The lowest BCUT2D eigenvalue weighted by atomic mass is 9.93. The van der Waals surface area contributed by atoms with Crippen LogP contribution < -0.4 is 10.6 Å². The molecule has 0 aromatic heterocycles. The van der Waals surface area contributed by atoms with Crippen LogP contribution >= 0.6 is 0 Å². The van der Waals surface area contributed by atoms with E-state index in [0.29, 0.717) is 12.0 Å². The number of hydrogen-bond donors (Lipinski definition) is 2. The summed E-state index contributed by atoms with van der Waals surface area (Å²) in [6, 6.07) is 16.1. The summed E-state index contributed by atoms with van der Waals surface area (Å²) >= 11 is 0. The molecule has 0 radical (unpaired) electrons. The Hall–Kier alpha value is -3.13. The molecule has 2 aromatic carbocycles.